The molecule has 0 aromatic heterocycles. The van der Waals surface area contributed by atoms with Gasteiger partial charge >= 0.3 is 0 Å². The maximum Gasteiger partial charge on any atom is 0.282 e. The van der Waals surface area contributed by atoms with Crippen LogP contribution in [0.25, 0.3) is 0 Å². The Kier molecular flexibility index (Phi) is 3.71. The number of halogens is 1. The van der Waals surface area contributed by atoms with E-state index in [9.17, 15) is 18.8 Å². The zero-order valence-corrected chi connectivity index (χ0v) is 13.7. The summed E-state index contributed by atoms with van der Waals surface area (Å²) in [5, 5.41) is 0. The van der Waals surface area contributed by atoms with E-state index in [4.69, 9.17) is 0 Å². The molecule has 3 heterocycles. The van der Waals surface area contributed by atoms with Crippen molar-refractivity contribution in [1.29, 1.82) is 0 Å². The van der Waals surface area contributed by atoms with Crippen LogP contribution in [0, 0.1) is 17.8 Å². The second-order valence-electron chi connectivity index (χ2n) is 7.07. The quantitative estimate of drug-likeness (QED) is 0.623. The van der Waals surface area contributed by atoms with E-state index in [0.717, 1.165) is 12.0 Å². The van der Waals surface area contributed by atoms with Gasteiger partial charge in [-0.25, -0.2) is 4.39 Å². The van der Waals surface area contributed by atoms with Crippen LogP contribution in [0.1, 0.15) is 18.4 Å². The van der Waals surface area contributed by atoms with Crippen molar-refractivity contribution < 1.29 is 18.8 Å². The average molecular weight is 342 g/mol. The third kappa shape index (κ3) is 2.39. The van der Waals surface area contributed by atoms with Crippen LogP contribution in [0.3, 0.4) is 0 Å². The Morgan fingerprint density at radius 2 is 1.80 bits per heavy atom. The van der Waals surface area contributed by atoms with Gasteiger partial charge in [-0.2, -0.15) is 0 Å². The molecule has 1 aromatic carbocycles. The lowest BCUT2D eigenvalue weighted by atomic mass is 9.66. The summed E-state index contributed by atoms with van der Waals surface area (Å²) in [5.41, 5.74) is 0.889. The summed E-state index contributed by atoms with van der Waals surface area (Å²) in [5.74, 6) is -3.18. The lowest BCUT2D eigenvalue weighted by Gasteiger charge is -2.49. The fraction of sp³-hybridized carbons (Fsp3) is 0.421. The highest BCUT2D eigenvalue weighted by Gasteiger charge is 2.61. The number of fused-ring (bicyclic) bond motifs is 2. The Hall–Kier alpha value is -2.50. The standard InChI is InChI=1S/C19H19FN2O3/c1-11(20)17(23)21-10-13-7-8-14(21)16-15(13)18(24)22(19(16)25)9-12-5-3-2-4-6-12/h2-6,13-16H,1,7-10H2/t13-,14-,15-,16+/m0/s1. The minimum Gasteiger partial charge on any atom is -0.333 e. The Labute approximate surface area is 145 Å². The summed E-state index contributed by atoms with van der Waals surface area (Å²) < 4.78 is 13.3. The molecule has 2 bridgehead atoms. The van der Waals surface area contributed by atoms with Crippen molar-refractivity contribution in [1.82, 2.24) is 9.80 Å². The molecular formula is C19H19FN2O3. The van der Waals surface area contributed by atoms with Crippen LogP contribution in [-0.4, -0.2) is 40.1 Å². The summed E-state index contributed by atoms with van der Waals surface area (Å²) >= 11 is 0. The maximum absolute atomic E-state index is 13.3. The molecule has 0 radical (unpaired) electrons. The monoisotopic (exact) mass is 342 g/mol. The van der Waals surface area contributed by atoms with Gasteiger partial charge in [-0.1, -0.05) is 36.9 Å². The zero-order valence-electron chi connectivity index (χ0n) is 13.7. The average Bonchev–Trinajstić information content (AvgIpc) is 2.89. The van der Waals surface area contributed by atoms with Crippen LogP contribution >= 0.6 is 0 Å². The van der Waals surface area contributed by atoms with Gasteiger partial charge in [-0.3, -0.25) is 19.3 Å². The fourth-order valence-electron chi connectivity index (χ4n) is 4.67. The Balaban J connectivity index is 1.62. The number of imide groups is 1. The first-order valence-electron chi connectivity index (χ1n) is 8.53. The number of hydrogen-bond donors (Lipinski definition) is 0. The normalized spacial score (nSPS) is 30.6. The predicted molar refractivity (Wildman–Crippen MR) is 87.5 cm³/mol. The van der Waals surface area contributed by atoms with E-state index in [2.05, 4.69) is 6.58 Å². The molecule has 5 rings (SSSR count). The second-order valence-corrected chi connectivity index (χ2v) is 7.07. The number of rotatable bonds is 3. The number of likely N-dealkylation sites (tertiary alicyclic amines) is 1. The van der Waals surface area contributed by atoms with Crippen molar-refractivity contribution in [3.8, 4) is 0 Å². The molecule has 0 spiro atoms. The van der Waals surface area contributed by atoms with Gasteiger partial charge in [0.15, 0.2) is 5.83 Å². The summed E-state index contributed by atoms with van der Waals surface area (Å²) in [6.07, 6.45) is 1.41. The van der Waals surface area contributed by atoms with Gasteiger partial charge in [0.1, 0.15) is 0 Å². The van der Waals surface area contributed by atoms with Gasteiger partial charge in [-0.05, 0) is 24.3 Å². The molecule has 0 unspecified atom stereocenters. The number of piperidine rings is 2. The van der Waals surface area contributed by atoms with Gasteiger partial charge in [0.2, 0.25) is 11.8 Å². The molecule has 130 valence electrons. The molecule has 3 amide bonds. The van der Waals surface area contributed by atoms with Crippen molar-refractivity contribution in [2.24, 2.45) is 17.8 Å². The minimum absolute atomic E-state index is 0.0875. The summed E-state index contributed by atoms with van der Waals surface area (Å²) in [6.45, 7) is 3.65. The molecule has 3 aliphatic heterocycles. The Morgan fingerprint density at radius 1 is 1.12 bits per heavy atom. The van der Waals surface area contributed by atoms with Crippen molar-refractivity contribution in [3.05, 3.63) is 48.3 Å². The lowest BCUT2D eigenvalue weighted by Crippen LogP contribution is -2.60. The van der Waals surface area contributed by atoms with Crippen LogP contribution in [0.2, 0.25) is 0 Å². The van der Waals surface area contributed by atoms with E-state index in [1.807, 2.05) is 30.3 Å². The maximum atomic E-state index is 13.3. The molecular weight excluding hydrogens is 323 g/mol. The smallest absolute Gasteiger partial charge is 0.282 e. The van der Waals surface area contributed by atoms with Crippen molar-refractivity contribution >= 4 is 17.7 Å². The third-order valence-electron chi connectivity index (χ3n) is 5.75. The zero-order chi connectivity index (χ0) is 17.7. The highest BCUT2D eigenvalue weighted by atomic mass is 19.1. The van der Waals surface area contributed by atoms with E-state index in [0.29, 0.717) is 13.0 Å². The predicted octanol–water partition coefficient (Wildman–Crippen LogP) is 1.89. The first kappa shape index (κ1) is 16.0. The molecule has 3 saturated heterocycles. The first-order valence-corrected chi connectivity index (χ1v) is 8.53. The van der Waals surface area contributed by atoms with Crippen molar-refractivity contribution in [2.75, 3.05) is 6.54 Å². The second kappa shape index (κ2) is 5.79. The van der Waals surface area contributed by atoms with Crippen molar-refractivity contribution in [3.63, 3.8) is 0 Å². The van der Waals surface area contributed by atoms with E-state index in [-0.39, 0.29) is 30.2 Å². The van der Waals surface area contributed by atoms with Crippen LogP contribution in [-0.2, 0) is 20.9 Å². The molecule has 4 aliphatic rings. The molecule has 1 saturated carbocycles. The van der Waals surface area contributed by atoms with Crippen LogP contribution in [0.4, 0.5) is 4.39 Å². The Bertz CT molecular complexity index is 763. The van der Waals surface area contributed by atoms with Gasteiger partial charge in [-0.15, -0.1) is 0 Å². The number of carbonyl (C=O) groups is 3. The minimum atomic E-state index is -1.01. The molecule has 4 atom stereocenters. The van der Waals surface area contributed by atoms with E-state index < -0.39 is 23.7 Å². The molecule has 25 heavy (non-hydrogen) atoms. The first-order chi connectivity index (χ1) is 12.0. The number of carbonyl (C=O) groups excluding carboxylic acids is 3. The molecule has 0 N–H and O–H groups in total. The van der Waals surface area contributed by atoms with Crippen molar-refractivity contribution in [2.45, 2.75) is 25.4 Å². The van der Waals surface area contributed by atoms with Crippen LogP contribution in [0.15, 0.2) is 42.7 Å². The topological polar surface area (TPSA) is 57.7 Å². The summed E-state index contributed by atoms with van der Waals surface area (Å²) in [7, 11) is 0. The summed E-state index contributed by atoms with van der Waals surface area (Å²) in [4.78, 5) is 40.6. The van der Waals surface area contributed by atoms with Gasteiger partial charge in [0.25, 0.3) is 5.91 Å². The molecule has 4 fully saturated rings. The van der Waals surface area contributed by atoms with E-state index >= 15 is 0 Å². The van der Waals surface area contributed by atoms with E-state index in [1.54, 1.807) is 0 Å². The highest BCUT2D eigenvalue weighted by molar-refractivity contribution is 6.06. The third-order valence-corrected chi connectivity index (χ3v) is 5.75. The molecule has 5 nitrogen and oxygen atoms in total. The van der Waals surface area contributed by atoms with Crippen LogP contribution < -0.4 is 0 Å². The fourth-order valence-corrected chi connectivity index (χ4v) is 4.67. The largest absolute Gasteiger partial charge is 0.333 e. The number of amides is 3. The van der Waals surface area contributed by atoms with Gasteiger partial charge < -0.3 is 4.90 Å². The number of nitrogens with zero attached hydrogens (tertiary/aromatic N) is 2. The molecule has 1 aliphatic carbocycles. The van der Waals surface area contributed by atoms with E-state index in [1.165, 1.54) is 9.80 Å². The molecule has 6 heteroatoms. The Morgan fingerprint density at radius 3 is 2.48 bits per heavy atom. The summed E-state index contributed by atoms with van der Waals surface area (Å²) in [6, 6.07) is 8.95. The number of hydrogen-bond acceptors (Lipinski definition) is 3. The number of benzene rings is 1. The van der Waals surface area contributed by atoms with Crippen LogP contribution in [0.5, 0.6) is 0 Å². The SMILES string of the molecule is C=C(F)C(=O)N1C[C@@H]2CC[C@H]1[C@H]1C(=O)N(Cc3ccccc3)C(=O)[C@@H]21. The lowest BCUT2D eigenvalue weighted by molar-refractivity contribution is -0.148. The van der Waals surface area contributed by atoms with Gasteiger partial charge in [0, 0.05) is 12.6 Å². The van der Waals surface area contributed by atoms with Gasteiger partial charge in [0.05, 0.1) is 18.4 Å². The molecule has 1 aromatic rings. The highest BCUT2D eigenvalue weighted by Crippen LogP contribution is 2.48.